The molecule has 2 aromatic heterocycles. The molecule has 0 saturated carbocycles. The van der Waals surface area contributed by atoms with E-state index >= 15 is 0 Å². The van der Waals surface area contributed by atoms with Crippen LogP contribution in [0.4, 0.5) is 0 Å². The number of hydrogen-bond donors (Lipinski definition) is 0. The van der Waals surface area contributed by atoms with Crippen LogP contribution in [0.3, 0.4) is 0 Å². The SMILES string of the molecule is O=c1c2ccccc2nnn1CSc1cccc2cccnc12. The zero-order valence-electron chi connectivity index (χ0n) is 12.1. The molecule has 0 unspecified atom stereocenters. The number of para-hydroxylation sites is 1. The molecule has 112 valence electrons. The molecular weight excluding hydrogens is 308 g/mol. The summed E-state index contributed by atoms with van der Waals surface area (Å²) >= 11 is 1.52. The summed E-state index contributed by atoms with van der Waals surface area (Å²) in [7, 11) is 0. The minimum Gasteiger partial charge on any atom is -0.267 e. The Hall–Kier alpha value is -2.73. The van der Waals surface area contributed by atoms with Crippen LogP contribution in [0, 0.1) is 0 Å². The Balaban J connectivity index is 1.69. The molecule has 0 amide bonds. The van der Waals surface area contributed by atoms with Crippen molar-refractivity contribution in [3.63, 3.8) is 0 Å². The second-order valence-electron chi connectivity index (χ2n) is 5.02. The molecule has 0 radical (unpaired) electrons. The molecule has 4 rings (SSSR count). The van der Waals surface area contributed by atoms with Crippen molar-refractivity contribution in [1.82, 2.24) is 20.0 Å². The van der Waals surface area contributed by atoms with Gasteiger partial charge >= 0.3 is 0 Å². The van der Waals surface area contributed by atoms with Gasteiger partial charge in [-0.05, 0) is 24.3 Å². The van der Waals surface area contributed by atoms with Crippen molar-refractivity contribution in [1.29, 1.82) is 0 Å². The third kappa shape index (κ3) is 2.57. The largest absolute Gasteiger partial charge is 0.278 e. The molecule has 5 nitrogen and oxygen atoms in total. The molecule has 6 heteroatoms. The van der Waals surface area contributed by atoms with Crippen LogP contribution in [0.5, 0.6) is 0 Å². The molecule has 2 heterocycles. The van der Waals surface area contributed by atoms with Gasteiger partial charge in [-0.2, -0.15) is 0 Å². The number of thioether (sulfide) groups is 1. The Bertz CT molecular complexity index is 1060. The van der Waals surface area contributed by atoms with E-state index in [0.717, 1.165) is 15.8 Å². The van der Waals surface area contributed by atoms with Crippen molar-refractivity contribution >= 4 is 33.6 Å². The van der Waals surface area contributed by atoms with E-state index in [9.17, 15) is 4.79 Å². The molecule has 4 aromatic rings. The molecule has 0 fully saturated rings. The summed E-state index contributed by atoms with van der Waals surface area (Å²) in [4.78, 5) is 17.9. The lowest BCUT2D eigenvalue weighted by Crippen LogP contribution is -2.23. The first-order valence-electron chi connectivity index (χ1n) is 7.12. The molecule has 0 aliphatic carbocycles. The lowest BCUT2D eigenvalue weighted by Gasteiger charge is -2.07. The fraction of sp³-hybridized carbons (Fsp3) is 0.0588. The second-order valence-corrected chi connectivity index (χ2v) is 6.00. The number of nitrogens with zero attached hydrogens (tertiary/aromatic N) is 4. The first kappa shape index (κ1) is 13.9. The predicted molar refractivity (Wildman–Crippen MR) is 91.4 cm³/mol. The van der Waals surface area contributed by atoms with Crippen LogP contribution in [0.2, 0.25) is 0 Å². The molecular formula is C17H12N4OS. The van der Waals surface area contributed by atoms with Crippen LogP contribution in [-0.2, 0) is 5.88 Å². The van der Waals surface area contributed by atoms with Gasteiger partial charge in [0.05, 0.1) is 16.8 Å². The molecule has 0 bridgehead atoms. The Morgan fingerprint density at radius 1 is 1.00 bits per heavy atom. The van der Waals surface area contributed by atoms with Crippen molar-refractivity contribution in [3.8, 4) is 0 Å². The fourth-order valence-electron chi connectivity index (χ4n) is 2.43. The van der Waals surface area contributed by atoms with Crippen molar-refractivity contribution < 1.29 is 0 Å². The zero-order chi connectivity index (χ0) is 15.6. The van der Waals surface area contributed by atoms with E-state index in [4.69, 9.17) is 0 Å². The fourth-order valence-corrected chi connectivity index (χ4v) is 3.34. The van der Waals surface area contributed by atoms with Crippen molar-refractivity contribution in [2.75, 3.05) is 0 Å². The molecule has 0 aliphatic heterocycles. The summed E-state index contributed by atoms with van der Waals surface area (Å²) in [5, 5.41) is 9.78. The molecule has 23 heavy (non-hydrogen) atoms. The third-order valence-electron chi connectivity index (χ3n) is 3.57. The Morgan fingerprint density at radius 3 is 2.83 bits per heavy atom. The highest BCUT2D eigenvalue weighted by atomic mass is 32.2. The smallest absolute Gasteiger partial charge is 0.267 e. The Labute approximate surface area is 136 Å². The van der Waals surface area contributed by atoms with E-state index in [-0.39, 0.29) is 5.56 Å². The molecule has 2 aromatic carbocycles. The van der Waals surface area contributed by atoms with Crippen LogP contribution in [0.1, 0.15) is 0 Å². The van der Waals surface area contributed by atoms with Crippen LogP contribution in [0.15, 0.2) is 70.5 Å². The van der Waals surface area contributed by atoms with E-state index in [1.54, 1.807) is 18.3 Å². The molecule has 0 N–H and O–H groups in total. The predicted octanol–water partition coefficient (Wildman–Crippen LogP) is 3.09. The van der Waals surface area contributed by atoms with Crippen LogP contribution < -0.4 is 5.56 Å². The van der Waals surface area contributed by atoms with Gasteiger partial charge in [0.2, 0.25) is 0 Å². The van der Waals surface area contributed by atoms with Gasteiger partial charge < -0.3 is 0 Å². The summed E-state index contributed by atoms with van der Waals surface area (Å²) in [6.07, 6.45) is 1.77. The van der Waals surface area contributed by atoms with Crippen molar-refractivity contribution in [2.24, 2.45) is 0 Å². The van der Waals surface area contributed by atoms with E-state index in [1.165, 1.54) is 16.4 Å². The standard InChI is InChI=1S/C17H12N4OS/c22-17-13-7-1-2-8-14(13)19-20-21(17)11-23-15-9-3-5-12-6-4-10-18-16(12)15/h1-10H,11H2. The van der Waals surface area contributed by atoms with E-state index < -0.39 is 0 Å². The highest BCUT2D eigenvalue weighted by Gasteiger charge is 2.07. The lowest BCUT2D eigenvalue weighted by molar-refractivity contribution is 0.645. The number of aromatic nitrogens is 4. The van der Waals surface area contributed by atoms with Crippen LogP contribution in [0.25, 0.3) is 21.8 Å². The maximum absolute atomic E-state index is 12.4. The van der Waals surface area contributed by atoms with E-state index in [1.807, 2.05) is 42.5 Å². The van der Waals surface area contributed by atoms with Crippen LogP contribution >= 0.6 is 11.8 Å². The number of rotatable bonds is 3. The summed E-state index contributed by atoms with van der Waals surface area (Å²) in [6.45, 7) is 0. The van der Waals surface area contributed by atoms with Gasteiger partial charge in [-0.25, -0.2) is 4.68 Å². The second kappa shape index (κ2) is 5.81. The Morgan fingerprint density at radius 2 is 1.87 bits per heavy atom. The highest BCUT2D eigenvalue weighted by Crippen LogP contribution is 2.26. The maximum Gasteiger partial charge on any atom is 0.278 e. The quantitative estimate of drug-likeness (QED) is 0.543. The molecule has 0 atom stereocenters. The number of fused-ring (bicyclic) bond motifs is 2. The summed E-state index contributed by atoms with van der Waals surface area (Å²) in [5.41, 5.74) is 1.42. The van der Waals surface area contributed by atoms with Gasteiger partial charge in [0.1, 0.15) is 5.52 Å². The van der Waals surface area contributed by atoms with Gasteiger partial charge in [0.25, 0.3) is 5.56 Å². The molecule has 0 saturated heterocycles. The Kier molecular flexibility index (Phi) is 3.51. The minimum atomic E-state index is -0.128. The summed E-state index contributed by atoms with van der Waals surface area (Å²) in [5.74, 6) is 0.395. The first-order chi connectivity index (χ1) is 11.3. The number of benzene rings is 2. The van der Waals surface area contributed by atoms with E-state index in [2.05, 4.69) is 15.3 Å². The van der Waals surface area contributed by atoms with Crippen molar-refractivity contribution in [3.05, 3.63) is 71.1 Å². The lowest BCUT2D eigenvalue weighted by atomic mass is 10.2. The zero-order valence-corrected chi connectivity index (χ0v) is 12.9. The first-order valence-corrected chi connectivity index (χ1v) is 8.10. The normalized spacial score (nSPS) is 11.1. The van der Waals surface area contributed by atoms with Gasteiger partial charge in [-0.3, -0.25) is 9.78 Å². The summed E-state index contributed by atoms with van der Waals surface area (Å²) in [6, 6.07) is 17.2. The molecule has 0 spiro atoms. The maximum atomic E-state index is 12.4. The molecule has 0 aliphatic rings. The van der Waals surface area contributed by atoms with Gasteiger partial charge in [0, 0.05) is 16.5 Å². The van der Waals surface area contributed by atoms with Gasteiger partial charge in [0.15, 0.2) is 0 Å². The van der Waals surface area contributed by atoms with Crippen LogP contribution in [-0.4, -0.2) is 20.0 Å². The van der Waals surface area contributed by atoms with Crippen molar-refractivity contribution in [2.45, 2.75) is 10.8 Å². The topological polar surface area (TPSA) is 60.7 Å². The third-order valence-corrected chi connectivity index (χ3v) is 4.58. The summed E-state index contributed by atoms with van der Waals surface area (Å²) < 4.78 is 1.38. The number of hydrogen-bond acceptors (Lipinski definition) is 5. The average Bonchev–Trinajstić information content (AvgIpc) is 2.61. The average molecular weight is 320 g/mol. The van der Waals surface area contributed by atoms with Gasteiger partial charge in [-0.1, -0.05) is 47.3 Å². The monoisotopic (exact) mass is 320 g/mol. The number of pyridine rings is 1. The highest BCUT2D eigenvalue weighted by molar-refractivity contribution is 7.98. The van der Waals surface area contributed by atoms with Gasteiger partial charge in [-0.15, -0.1) is 5.10 Å². The minimum absolute atomic E-state index is 0.128. The van der Waals surface area contributed by atoms with E-state index in [0.29, 0.717) is 16.8 Å².